The Bertz CT molecular complexity index is 889. The molecule has 5 nitrogen and oxygen atoms in total. The van der Waals surface area contributed by atoms with Crippen LogP contribution in [0.4, 0.5) is 0 Å². The molecule has 0 saturated heterocycles. The summed E-state index contributed by atoms with van der Waals surface area (Å²) in [6, 6.07) is 7.47. The minimum Gasteiger partial charge on any atom is -0.358 e. The molecule has 5 heteroatoms. The minimum atomic E-state index is -0.550. The van der Waals surface area contributed by atoms with E-state index in [1.54, 1.807) is 13.0 Å². The number of hydrogen-bond donors (Lipinski definition) is 3. The Morgan fingerprint density at radius 3 is 2.41 bits per heavy atom. The molecule has 0 saturated carbocycles. The second-order valence-electron chi connectivity index (χ2n) is 8.26. The van der Waals surface area contributed by atoms with Gasteiger partial charge in [0.2, 0.25) is 5.91 Å². The van der Waals surface area contributed by atoms with E-state index in [0.29, 0.717) is 18.5 Å². The molecule has 1 aromatic carbocycles. The highest BCUT2D eigenvalue weighted by Crippen LogP contribution is 2.28. The van der Waals surface area contributed by atoms with Crippen molar-refractivity contribution in [3.05, 3.63) is 56.9 Å². The first kappa shape index (κ1) is 20.9. The van der Waals surface area contributed by atoms with Crippen LogP contribution in [-0.4, -0.2) is 23.5 Å². The van der Waals surface area contributed by atoms with Gasteiger partial charge in [-0.15, -0.1) is 0 Å². The Hall–Kier alpha value is -2.40. The lowest BCUT2D eigenvalue weighted by atomic mass is 9.85. The number of rotatable bonds is 5. The highest BCUT2D eigenvalue weighted by atomic mass is 16.2. The summed E-state index contributed by atoms with van der Waals surface area (Å²) in [5.74, 6) is -0.213. The second kappa shape index (κ2) is 8.09. The number of aromatic nitrogens is 1. The van der Waals surface area contributed by atoms with Crippen LogP contribution in [0.5, 0.6) is 0 Å². The van der Waals surface area contributed by atoms with Crippen LogP contribution < -0.4 is 16.5 Å². The van der Waals surface area contributed by atoms with Crippen molar-refractivity contribution in [2.24, 2.45) is 5.73 Å². The van der Waals surface area contributed by atoms with E-state index in [4.69, 9.17) is 5.73 Å². The van der Waals surface area contributed by atoms with E-state index in [1.165, 1.54) is 5.56 Å². The molecule has 0 radical (unpaired) electrons. The maximum atomic E-state index is 12.6. The molecule has 0 spiro atoms. The van der Waals surface area contributed by atoms with Gasteiger partial charge in [-0.05, 0) is 43.7 Å². The predicted octanol–water partition coefficient (Wildman–Crippen LogP) is 2.96. The van der Waals surface area contributed by atoms with Crippen molar-refractivity contribution in [2.45, 2.75) is 59.4 Å². The number of hydrogen-bond acceptors (Lipinski definition) is 3. The van der Waals surface area contributed by atoms with Crippen molar-refractivity contribution in [3.63, 3.8) is 0 Å². The molecule has 1 unspecified atom stereocenters. The summed E-state index contributed by atoms with van der Waals surface area (Å²) in [6.07, 6.45) is 0.474. The predicted molar refractivity (Wildman–Crippen MR) is 111 cm³/mol. The topological polar surface area (TPSA) is 88.0 Å². The minimum absolute atomic E-state index is 0.0180. The monoisotopic (exact) mass is 369 g/mol. The molecule has 27 heavy (non-hydrogen) atoms. The number of H-pyrrole nitrogens is 1. The number of benzene rings is 1. The van der Waals surface area contributed by atoms with Gasteiger partial charge in [0.05, 0.1) is 6.04 Å². The Balaban J connectivity index is 2.26. The number of pyridine rings is 1. The van der Waals surface area contributed by atoms with Crippen LogP contribution in [0.25, 0.3) is 11.3 Å². The van der Waals surface area contributed by atoms with E-state index in [-0.39, 0.29) is 16.8 Å². The fourth-order valence-electron chi connectivity index (χ4n) is 3.08. The van der Waals surface area contributed by atoms with Gasteiger partial charge in [-0.2, -0.15) is 0 Å². The van der Waals surface area contributed by atoms with Crippen LogP contribution >= 0.6 is 0 Å². The lowest BCUT2D eigenvalue weighted by Gasteiger charge is -2.21. The van der Waals surface area contributed by atoms with Gasteiger partial charge in [-0.1, -0.05) is 39.0 Å². The first-order chi connectivity index (χ1) is 12.5. The Morgan fingerprint density at radius 2 is 1.89 bits per heavy atom. The van der Waals surface area contributed by atoms with Gasteiger partial charge in [-0.25, -0.2) is 0 Å². The first-order valence-corrected chi connectivity index (χ1v) is 9.38. The van der Waals surface area contributed by atoms with E-state index < -0.39 is 6.04 Å². The van der Waals surface area contributed by atoms with Gasteiger partial charge in [0, 0.05) is 35.1 Å². The summed E-state index contributed by atoms with van der Waals surface area (Å²) < 4.78 is 0. The van der Waals surface area contributed by atoms with Crippen molar-refractivity contribution in [1.82, 2.24) is 10.3 Å². The molecular formula is C22H31N3O2. The number of aryl methyl sites for hydroxylation is 2. The molecule has 0 fully saturated rings. The van der Waals surface area contributed by atoms with Crippen molar-refractivity contribution in [3.8, 4) is 11.3 Å². The molecule has 1 atom stereocenters. The molecule has 2 aromatic rings. The summed E-state index contributed by atoms with van der Waals surface area (Å²) in [6.45, 7) is 12.5. The third-order valence-electron chi connectivity index (χ3n) is 4.82. The summed E-state index contributed by atoms with van der Waals surface area (Å²) in [5.41, 5.74) is 11.4. The van der Waals surface area contributed by atoms with Gasteiger partial charge in [0.15, 0.2) is 5.43 Å². The van der Waals surface area contributed by atoms with Gasteiger partial charge in [-0.3, -0.25) is 9.59 Å². The molecule has 0 aliphatic rings. The van der Waals surface area contributed by atoms with E-state index in [2.05, 4.69) is 56.2 Å². The number of nitrogens with one attached hydrogen (secondary N) is 2. The van der Waals surface area contributed by atoms with Crippen molar-refractivity contribution in [1.29, 1.82) is 0 Å². The summed E-state index contributed by atoms with van der Waals surface area (Å²) >= 11 is 0. The summed E-state index contributed by atoms with van der Waals surface area (Å²) in [7, 11) is 0. The molecule has 1 aromatic heterocycles. The summed E-state index contributed by atoms with van der Waals surface area (Å²) in [4.78, 5) is 27.5. The maximum absolute atomic E-state index is 12.6. The van der Waals surface area contributed by atoms with Crippen LogP contribution in [-0.2, 0) is 16.6 Å². The van der Waals surface area contributed by atoms with Crippen LogP contribution in [0.15, 0.2) is 29.1 Å². The van der Waals surface area contributed by atoms with Crippen molar-refractivity contribution >= 4 is 5.91 Å². The maximum Gasteiger partial charge on any atom is 0.236 e. The zero-order valence-electron chi connectivity index (χ0n) is 17.2. The van der Waals surface area contributed by atoms with E-state index in [0.717, 1.165) is 22.5 Å². The van der Waals surface area contributed by atoms with E-state index in [9.17, 15) is 9.59 Å². The van der Waals surface area contributed by atoms with Gasteiger partial charge < -0.3 is 16.0 Å². The number of aromatic amines is 1. The lowest BCUT2D eigenvalue weighted by Crippen LogP contribution is -2.39. The van der Waals surface area contributed by atoms with Gasteiger partial charge in [0.1, 0.15) is 0 Å². The van der Waals surface area contributed by atoms with Crippen LogP contribution in [0.1, 0.15) is 50.1 Å². The molecule has 0 aliphatic heterocycles. The fraction of sp³-hybridized carbons (Fsp3) is 0.455. The fourth-order valence-corrected chi connectivity index (χ4v) is 3.08. The zero-order valence-corrected chi connectivity index (χ0v) is 17.2. The standard InChI is InChI=1S/C22H31N3O2/c1-13-11-16(22(4,5)6)7-8-17(13)19-12-20(26)18(15(3)25-19)9-10-24-21(27)14(2)23/h7-8,11-12,14H,9-10,23H2,1-6H3,(H,24,27)(H,25,26). The Kier molecular flexibility index (Phi) is 6.26. The molecule has 1 amide bonds. The second-order valence-corrected chi connectivity index (χ2v) is 8.26. The lowest BCUT2D eigenvalue weighted by molar-refractivity contribution is -0.121. The normalized spacial score (nSPS) is 12.7. The molecule has 0 bridgehead atoms. The quantitative estimate of drug-likeness (QED) is 0.757. The van der Waals surface area contributed by atoms with Gasteiger partial charge in [0.25, 0.3) is 0 Å². The van der Waals surface area contributed by atoms with Crippen LogP contribution in [0.3, 0.4) is 0 Å². The first-order valence-electron chi connectivity index (χ1n) is 9.38. The third-order valence-corrected chi connectivity index (χ3v) is 4.82. The molecule has 4 N–H and O–H groups in total. The van der Waals surface area contributed by atoms with Crippen LogP contribution in [0, 0.1) is 13.8 Å². The van der Waals surface area contributed by atoms with Gasteiger partial charge >= 0.3 is 0 Å². The third kappa shape index (κ3) is 5.07. The number of nitrogens with two attached hydrogens (primary N) is 1. The molecule has 146 valence electrons. The van der Waals surface area contributed by atoms with Crippen molar-refractivity contribution < 1.29 is 4.79 Å². The van der Waals surface area contributed by atoms with Crippen LogP contribution in [0.2, 0.25) is 0 Å². The Labute approximate surface area is 161 Å². The molecule has 1 heterocycles. The largest absolute Gasteiger partial charge is 0.358 e. The number of carbonyl (C=O) groups excluding carboxylic acids is 1. The van der Waals surface area contributed by atoms with Crippen molar-refractivity contribution in [2.75, 3.05) is 6.54 Å². The van der Waals surface area contributed by atoms with E-state index in [1.807, 2.05) is 6.92 Å². The molecule has 2 rings (SSSR count). The number of amides is 1. The average Bonchev–Trinajstić information content (AvgIpc) is 2.55. The highest BCUT2D eigenvalue weighted by molar-refractivity contribution is 5.80. The average molecular weight is 370 g/mol. The molecule has 0 aliphatic carbocycles. The summed E-state index contributed by atoms with van der Waals surface area (Å²) in [5, 5.41) is 2.74. The Morgan fingerprint density at radius 1 is 1.22 bits per heavy atom. The number of carbonyl (C=O) groups is 1. The SMILES string of the molecule is Cc1cc(C(C)(C)C)ccc1-c1cc(=O)c(CCNC(=O)C(C)N)c(C)[nH]1. The van der Waals surface area contributed by atoms with E-state index >= 15 is 0 Å². The molecular weight excluding hydrogens is 338 g/mol. The zero-order chi connectivity index (χ0) is 20.4. The highest BCUT2D eigenvalue weighted by Gasteiger charge is 2.16. The smallest absolute Gasteiger partial charge is 0.236 e.